The second-order valence-electron chi connectivity index (χ2n) is 8.14. The quantitative estimate of drug-likeness (QED) is 0.515. The van der Waals surface area contributed by atoms with Crippen LogP contribution in [0.2, 0.25) is 0 Å². The number of hydrogen-bond acceptors (Lipinski definition) is 4. The SMILES string of the molecule is CCO[C@H]1OC(C(=O)NCCc2ccccc2)=C[C@@H](c2ccc(C(F)(F)F)cc2)[C@H]1CCCO. The van der Waals surface area contributed by atoms with Gasteiger partial charge in [-0.25, -0.2) is 0 Å². The summed E-state index contributed by atoms with van der Waals surface area (Å²) >= 11 is 0. The van der Waals surface area contributed by atoms with E-state index >= 15 is 0 Å². The maximum Gasteiger partial charge on any atom is 0.416 e. The molecule has 3 rings (SSSR count). The first-order valence-corrected chi connectivity index (χ1v) is 11.4. The monoisotopic (exact) mass is 477 g/mol. The Morgan fingerprint density at radius 1 is 1.12 bits per heavy atom. The molecule has 2 N–H and O–H groups in total. The molecule has 5 nitrogen and oxygen atoms in total. The van der Waals surface area contributed by atoms with Gasteiger partial charge in [0.1, 0.15) is 0 Å². The predicted octanol–water partition coefficient (Wildman–Crippen LogP) is 4.81. The van der Waals surface area contributed by atoms with Crippen molar-refractivity contribution in [3.05, 3.63) is 83.1 Å². The maximum atomic E-state index is 13.0. The van der Waals surface area contributed by atoms with Gasteiger partial charge in [-0.2, -0.15) is 13.2 Å². The van der Waals surface area contributed by atoms with Gasteiger partial charge in [0, 0.05) is 31.6 Å². The van der Waals surface area contributed by atoms with Gasteiger partial charge in [-0.1, -0.05) is 42.5 Å². The van der Waals surface area contributed by atoms with Crippen LogP contribution in [0.25, 0.3) is 0 Å². The Kier molecular flexibility index (Phi) is 9.12. The fourth-order valence-electron chi connectivity index (χ4n) is 4.09. The molecule has 8 heteroatoms. The number of carbonyl (C=O) groups is 1. The van der Waals surface area contributed by atoms with E-state index in [9.17, 15) is 23.1 Å². The molecular weight excluding hydrogens is 447 g/mol. The molecule has 0 unspecified atom stereocenters. The van der Waals surface area contributed by atoms with Crippen LogP contribution in [0.1, 0.15) is 42.4 Å². The average molecular weight is 478 g/mol. The highest BCUT2D eigenvalue weighted by atomic mass is 19.4. The lowest BCUT2D eigenvalue weighted by Gasteiger charge is -2.37. The summed E-state index contributed by atoms with van der Waals surface area (Å²) < 4.78 is 50.8. The summed E-state index contributed by atoms with van der Waals surface area (Å²) in [5, 5.41) is 12.2. The van der Waals surface area contributed by atoms with Crippen molar-refractivity contribution in [2.24, 2.45) is 5.92 Å². The van der Waals surface area contributed by atoms with E-state index in [2.05, 4.69) is 5.32 Å². The second-order valence-corrected chi connectivity index (χ2v) is 8.14. The van der Waals surface area contributed by atoms with Gasteiger partial charge in [0.15, 0.2) is 5.76 Å². The molecule has 0 aromatic heterocycles. The van der Waals surface area contributed by atoms with Crippen LogP contribution in [0.3, 0.4) is 0 Å². The molecule has 2 aromatic rings. The normalized spacial score (nSPS) is 20.4. The van der Waals surface area contributed by atoms with Crippen molar-refractivity contribution in [1.82, 2.24) is 5.32 Å². The molecule has 0 spiro atoms. The Labute approximate surface area is 197 Å². The van der Waals surface area contributed by atoms with Crippen LogP contribution in [0.15, 0.2) is 66.4 Å². The van der Waals surface area contributed by atoms with Gasteiger partial charge >= 0.3 is 6.18 Å². The Hall–Kier alpha value is -2.84. The minimum absolute atomic E-state index is 0.0361. The van der Waals surface area contributed by atoms with E-state index in [1.807, 2.05) is 30.3 Å². The molecular formula is C26H30F3NO4. The second kappa shape index (κ2) is 12.0. The Morgan fingerprint density at radius 3 is 2.44 bits per heavy atom. The van der Waals surface area contributed by atoms with Crippen LogP contribution in [0.5, 0.6) is 0 Å². The molecule has 1 aliphatic rings. The fraction of sp³-hybridized carbons (Fsp3) is 0.423. The fourth-order valence-corrected chi connectivity index (χ4v) is 4.09. The third kappa shape index (κ3) is 6.84. The third-order valence-electron chi connectivity index (χ3n) is 5.80. The van der Waals surface area contributed by atoms with E-state index in [4.69, 9.17) is 9.47 Å². The van der Waals surface area contributed by atoms with Gasteiger partial charge in [-0.15, -0.1) is 0 Å². The number of halogens is 3. The van der Waals surface area contributed by atoms with Crippen LogP contribution in [-0.4, -0.2) is 37.1 Å². The van der Waals surface area contributed by atoms with E-state index in [0.717, 1.165) is 17.7 Å². The number of ether oxygens (including phenoxy) is 2. The topological polar surface area (TPSA) is 67.8 Å². The van der Waals surface area contributed by atoms with E-state index in [-0.39, 0.29) is 18.3 Å². The first-order valence-electron chi connectivity index (χ1n) is 11.4. The molecule has 0 radical (unpaired) electrons. The molecule has 0 bridgehead atoms. The summed E-state index contributed by atoms with van der Waals surface area (Å²) in [6.45, 7) is 2.51. The molecule has 1 aliphatic heterocycles. The number of allylic oxidation sites excluding steroid dienone is 1. The zero-order valence-electron chi connectivity index (χ0n) is 19.1. The van der Waals surface area contributed by atoms with Crippen LogP contribution >= 0.6 is 0 Å². The minimum atomic E-state index is -4.43. The standard InChI is InChI=1S/C26H30F3NO4/c1-2-33-25-21(9-6-16-31)22(19-10-12-20(13-11-19)26(27,28)29)17-23(34-25)24(32)30-15-14-18-7-4-3-5-8-18/h3-5,7-8,10-13,17,21-22,25,31H,2,6,9,14-16H2,1H3,(H,30,32)/t21-,22+,25+/m1/s1. The van der Waals surface area contributed by atoms with Crippen molar-refractivity contribution in [2.45, 2.75) is 44.6 Å². The molecule has 0 saturated carbocycles. The highest BCUT2D eigenvalue weighted by Crippen LogP contribution is 2.40. The van der Waals surface area contributed by atoms with Gasteiger partial charge in [0.2, 0.25) is 6.29 Å². The van der Waals surface area contributed by atoms with E-state index in [0.29, 0.717) is 38.0 Å². The molecule has 0 saturated heterocycles. The van der Waals surface area contributed by atoms with Crippen molar-refractivity contribution in [3.63, 3.8) is 0 Å². The summed E-state index contributed by atoms with van der Waals surface area (Å²) in [5.74, 6) is -1.01. The number of aliphatic hydroxyl groups is 1. The van der Waals surface area contributed by atoms with E-state index in [1.54, 1.807) is 13.0 Å². The lowest BCUT2D eigenvalue weighted by atomic mass is 9.80. The number of benzene rings is 2. The van der Waals surface area contributed by atoms with Crippen LogP contribution < -0.4 is 5.32 Å². The Bertz CT molecular complexity index is 945. The molecule has 2 aromatic carbocycles. The van der Waals surface area contributed by atoms with E-state index in [1.165, 1.54) is 12.1 Å². The maximum absolute atomic E-state index is 13.0. The van der Waals surface area contributed by atoms with Crippen molar-refractivity contribution in [1.29, 1.82) is 0 Å². The zero-order valence-corrected chi connectivity index (χ0v) is 19.1. The first kappa shape index (κ1) is 25.8. The van der Waals surface area contributed by atoms with Crippen molar-refractivity contribution in [2.75, 3.05) is 19.8 Å². The van der Waals surface area contributed by atoms with Gasteiger partial charge in [0.25, 0.3) is 5.91 Å². The highest BCUT2D eigenvalue weighted by molar-refractivity contribution is 5.91. The Morgan fingerprint density at radius 2 is 1.82 bits per heavy atom. The zero-order chi connectivity index (χ0) is 24.6. The number of amides is 1. The number of alkyl halides is 3. The molecule has 0 fully saturated rings. The molecule has 1 heterocycles. The molecule has 3 atom stereocenters. The molecule has 0 aliphatic carbocycles. The summed E-state index contributed by atoms with van der Waals surface area (Å²) in [6.07, 6.45) is -1.90. The lowest BCUT2D eigenvalue weighted by molar-refractivity contribution is -0.166. The predicted molar refractivity (Wildman–Crippen MR) is 122 cm³/mol. The number of nitrogens with one attached hydrogen (secondary N) is 1. The third-order valence-corrected chi connectivity index (χ3v) is 5.80. The number of rotatable bonds is 10. The van der Waals surface area contributed by atoms with Crippen LogP contribution in [-0.2, 0) is 26.9 Å². The summed E-state index contributed by atoms with van der Waals surface area (Å²) in [4.78, 5) is 12.9. The largest absolute Gasteiger partial charge is 0.459 e. The molecule has 184 valence electrons. The Balaban J connectivity index is 1.83. The van der Waals surface area contributed by atoms with E-state index < -0.39 is 29.9 Å². The van der Waals surface area contributed by atoms with Gasteiger partial charge in [0.05, 0.1) is 5.56 Å². The summed E-state index contributed by atoms with van der Waals surface area (Å²) in [6, 6.07) is 14.7. The highest BCUT2D eigenvalue weighted by Gasteiger charge is 2.38. The average Bonchev–Trinajstić information content (AvgIpc) is 2.83. The van der Waals surface area contributed by atoms with Gasteiger partial charge in [-0.3, -0.25) is 4.79 Å². The molecule has 1 amide bonds. The summed E-state index contributed by atoms with van der Waals surface area (Å²) in [5.41, 5.74) is 0.971. The smallest absolute Gasteiger partial charge is 0.416 e. The van der Waals surface area contributed by atoms with Crippen LogP contribution in [0.4, 0.5) is 13.2 Å². The number of hydrogen-bond donors (Lipinski definition) is 2. The van der Waals surface area contributed by atoms with Gasteiger partial charge in [-0.05, 0) is 55.5 Å². The number of aliphatic hydroxyl groups excluding tert-OH is 1. The summed E-state index contributed by atoms with van der Waals surface area (Å²) in [7, 11) is 0. The van der Waals surface area contributed by atoms with Crippen molar-refractivity contribution < 1.29 is 32.5 Å². The minimum Gasteiger partial charge on any atom is -0.459 e. The molecule has 34 heavy (non-hydrogen) atoms. The number of carbonyl (C=O) groups excluding carboxylic acids is 1. The first-order chi connectivity index (χ1) is 16.3. The van der Waals surface area contributed by atoms with Crippen LogP contribution in [0, 0.1) is 5.92 Å². The van der Waals surface area contributed by atoms with Crippen molar-refractivity contribution in [3.8, 4) is 0 Å². The lowest BCUT2D eigenvalue weighted by Crippen LogP contribution is -2.39. The van der Waals surface area contributed by atoms with Gasteiger partial charge < -0.3 is 19.9 Å². The van der Waals surface area contributed by atoms with Crippen molar-refractivity contribution >= 4 is 5.91 Å².